The highest BCUT2D eigenvalue weighted by Gasteiger charge is 2.47. The fourth-order valence-corrected chi connectivity index (χ4v) is 4.38. The monoisotopic (exact) mass is 347 g/mol. The van der Waals surface area contributed by atoms with Crippen LogP contribution < -0.4 is 5.32 Å². The molecule has 1 amide bonds. The third-order valence-electron chi connectivity index (χ3n) is 5.87. The number of hydrogen-bond donors (Lipinski definition) is 1. The highest BCUT2D eigenvalue weighted by molar-refractivity contribution is 5.82. The molecule has 1 atom stereocenters. The van der Waals surface area contributed by atoms with E-state index >= 15 is 0 Å². The summed E-state index contributed by atoms with van der Waals surface area (Å²) in [5.74, 6) is 0.202. The van der Waals surface area contributed by atoms with Gasteiger partial charge in [0, 0.05) is 19.3 Å². The van der Waals surface area contributed by atoms with Gasteiger partial charge in [0.15, 0.2) is 0 Å². The molecule has 0 aliphatic carbocycles. The number of carbonyl (C=O) groups is 1. The van der Waals surface area contributed by atoms with Crippen LogP contribution in [0.15, 0.2) is 12.4 Å². The Hall–Kier alpha value is -1.40. The Morgan fingerprint density at radius 3 is 2.76 bits per heavy atom. The van der Waals surface area contributed by atoms with Gasteiger partial charge in [-0.15, -0.1) is 0 Å². The van der Waals surface area contributed by atoms with Gasteiger partial charge in [0.1, 0.15) is 0 Å². The maximum absolute atomic E-state index is 12.8. The van der Waals surface area contributed by atoms with Gasteiger partial charge >= 0.3 is 0 Å². The van der Waals surface area contributed by atoms with Gasteiger partial charge in [-0.1, -0.05) is 6.92 Å². The van der Waals surface area contributed by atoms with Crippen molar-refractivity contribution in [2.45, 2.75) is 52.1 Å². The Bertz CT molecular complexity index is 576. The number of amides is 1. The molecule has 1 unspecified atom stereocenters. The maximum Gasteiger partial charge on any atom is 0.237 e. The summed E-state index contributed by atoms with van der Waals surface area (Å²) in [5.41, 5.74) is 1.50. The first-order valence-electron chi connectivity index (χ1n) is 9.71. The van der Waals surface area contributed by atoms with Crippen LogP contribution in [0.2, 0.25) is 0 Å². The van der Waals surface area contributed by atoms with E-state index in [4.69, 9.17) is 0 Å². The van der Waals surface area contributed by atoms with Crippen molar-refractivity contribution in [3.8, 4) is 0 Å². The molecule has 2 fully saturated rings. The smallest absolute Gasteiger partial charge is 0.237 e. The summed E-state index contributed by atoms with van der Waals surface area (Å²) in [6.07, 6.45) is 8.43. The third kappa shape index (κ3) is 4.42. The molecule has 2 saturated heterocycles. The average molecular weight is 348 g/mol. The van der Waals surface area contributed by atoms with Crippen LogP contribution in [-0.2, 0) is 11.3 Å². The van der Waals surface area contributed by atoms with E-state index < -0.39 is 0 Å². The van der Waals surface area contributed by atoms with Crippen molar-refractivity contribution in [2.24, 2.45) is 5.41 Å². The molecular weight excluding hydrogens is 314 g/mol. The van der Waals surface area contributed by atoms with E-state index in [1.807, 2.05) is 24.0 Å². The summed E-state index contributed by atoms with van der Waals surface area (Å²) in [6.45, 7) is 10.0. The van der Waals surface area contributed by atoms with Crippen molar-refractivity contribution in [1.29, 1.82) is 0 Å². The minimum absolute atomic E-state index is 0.0442. The Kier molecular flexibility index (Phi) is 5.79. The van der Waals surface area contributed by atoms with E-state index in [-0.39, 0.29) is 11.9 Å². The lowest BCUT2D eigenvalue weighted by molar-refractivity contribution is -0.125. The standard InChI is InChI=1S/C19H33N5O/c1-4-8-23-15-19(5-9-22(3)10-6-19)12-17(23)18(25)20-7-11-24-14-16(2)13-21-24/h13-14,17H,4-12,15H2,1-3H3,(H,20,25). The van der Waals surface area contributed by atoms with Gasteiger partial charge in [0.2, 0.25) is 5.91 Å². The molecule has 0 saturated carbocycles. The number of carbonyl (C=O) groups excluding carboxylic acids is 1. The molecule has 3 heterocycles. The van der Waals surface area contributed by atoms with Crippen molar-refractivity contribution < 1.29 is 4.79 Å². The van der Waals surface area contributed by atoms with Gasteiger partial charge in [-0.05, 0) is 70.3 Å². The van der Waals surface area contributed by atoms with Gasteiger partial charge in [0.25, 0.3) is 0 Å². The van der Waals surface area contributed by atoms with E-state index in [0.29, 0.717) is 12.0 Å². The quantitative estimate of drug-likeness (QED) is 0.847. The summed E-state index contributed by atoms with van der Waals surface area (Å²) >= 11 is 0. The molecule has 1 aromatic heterocycles. The summed E-state index contributed by atoms with van der Waals surface area (Å²) in [4.78, 5) is 17.7. The van der Waals surface area contributed by atoms with Crippen LogP contribution in [0, 0.1) is 12.3 Å². The van der Waals surface area contributed by atoms with Crippen molar-refractivity contribution in [3.05, 3.63) is 18.0 Å². The molecule has 2 aliphatic heterocycles. The Labute approximate surface area is 151 Å². The predicted octanol–water partition coefficient (Wildman–Crippen LogP) is 1.50. The van der Waals surface area contributed by atoms with Gasteiger partial charge in [-0.2, -0.15) is 5.10 Å². The minimum atomic E-state index is 0.0442. The van der Waals surface area contributed by atoms with Crippen LogP contribution >= 0.6 is 0 Å². The van der Waals surface area contributed by atoms with Crippen LogP contribution in [0.4, 0.5) is 0 Å². The van der Waals surface area contributed by atoms with Crippen molar-refractivity contribution >= 4 is 5.91 Å². The second-order valence-corrected chi connectivity index (χ2v) is 8.07. The van der Waals surface area contributed by atoms with E-state index in [1.54, 1.807) is 0 Å². The molecule has 1 N–H and O–H groups in total. The molecule has 6 heteroatoms. The van der Waals surface area contributed by atoms with Gasteiger partial charge in [-0.3, -0.25) is 14.4 Å². The zero-order valence-corrected chi connectivity index (χ0v) is 16.0. The van der Waals surface area contributed by atoms with Crippen molar-refractivity contribution in [3.63, 3.8) is 0 Å². The topological polar surface area (TPSA) is 53.4 Å². The lowest BCUT2D eigenvalue weighted by atomic mass is 9.76. The second-order valence-electron chi connectivity index (χ2n) is 8.07. The van der Waals surface area contributed by atoms with Crippen LogP contribution in [0.3, 0.4) is 0 Å². The number of nitrogens with zero attached hydrogens (tertiary/aromatic N) is 4. The van der Waals surface area contributed by atoms with E-state index in [0.717, 1.165) is 51.1 Å². The van der Waals surface area contributed by atoms with Crippen LogP contribution in [-0.4, -0.2) is 71.3 Å². The molecule has 0 bridgehead atoms. The fraction of sp³-hybridized carbons (Fsp3) is 0.789. The van der Waals surface area contributed by atoms with Crippen LogP contribution in [0.1, 0.15) is 38.2 Å². The predicted molar refractivity (Wildman–Crippen MR) is 99.4 cm³/mol. The minimum Gasteiger partial charge on any atom is -0.353 e. The molecule has 1 aromatic rings. The Morgan fingerprint density at radius 2 is 2.12 bits per heavy atom. The van der Waals surface area contributed by atoms with Gasteiger partial charge in [-0.25, -0.2) is 0 Å². The molecule has 25 heavy (non-hydrogen) atoms. The van der Waals surface area contributed by atoms with E-state index in [1.165, 1.54) is 12.8 Å². The number of nitrogens with one attached hydrogen (secondary N) is 1. The van der Waals surface area contributed by atoms with Crippen molar-refractivity contribution in [2.75, 3.05) is 39.8 Å². The normalized spacial score (nSPS) is 24.0. The lowest BCUT2D eigenvalue weighted by Crippen LogP contribution is -2.44. The van der Waals surface area contributed by atoms with Gasteiger partial charge in [0.05, 0.1) is 18.8 Å². The molecule has 0 radical (unpaired) electrons. The first kappa shape index (κ1) is 18.4. The molecule has 3 rings (SSSR count). The van der Waals surface area contributed by atoms with Crippen LogP contribution in [0.5, 0.6) is 0 Å². The molecule has 6 nitrogen and oxygen atoms in total. The molecule has 0 aromatic carbocycles. The maximum atomic E-state index is 12.8. The number of piperidine rings is 1. The largest absolute Gasteiger partial charge is 0.353 e. The summed E-state index contributed by atoms with van der Waals surface area (Å²) < 4.78 is 1.90. The van der Waals surface area contributed by atoms with Crippen molar-refractivity contribution in [1.82, 2.24) is 24.9 Å². The average Bonchev–Trinajstić information content (AvgIpc) is 3.15. The number of aromatic nitrogens is 2. The van der Waals surface area contributed by atoms with E-state index in [2.05, 4.69) is 34.2 Å². The molecule has 1 spiro atoms. The number of rotatable bonds is 6. The number of aryl methyl sites for hydroxylation is 1. The zero-order chi connectivity index (χ0) is 17.9. The Balaban J connectivity index is 1.55. The highest BCUT2D eigenvalue weighted by atomic mass is 16.2. The molecule has 140 valence electrons. The second kappa shape index (κ2) is 7.87. The SMILES string of the molecule is CCCN1CC2(CCN(C)CC2)CC1C(=O)NCCn1cc(C)cn1. The molecule has 2 aliphatic rings. The summed E-state index contributed by atoms with van der Waals surface area (Å²) in [6, 6.07) is 0.0442. The third-order valence-corrected chi connectivity index (χ3v) is 5.87. The molecular formula is C19H33N5O. The van der Waals surface area contributed by atoms with Crippen LogP contribution in [0.25, 0.3) is 0 Å². The number of hydrogen-bond acceptors (Lipinski definition) is 4. The highest BCUT2D eigenvalue weighted by Crippen LogP contribution is 2.43. The van der Waals surface area contributed by atoms with Gasteiger partial charge < -0.3 is 10.2 Å². The lowest BCUT2D eigenvalue weighted by Gasteiger charge is -2.37. The first-order valence-corrected chi connectivity index (χ1v) is 9.71. The zero-order valence-electron chi connectivity index (χ0n) is 16.0. The van der Waals surface area contributed by atoms with E-state index in [9.17, 15) is 4.79 Å². The first-order chi connectivity index (χ1) is 12.0. The number of likely N-dealkylation sites (tertiary alicyclic amines) is 2. The fourth-order valence-electron chi connectivity index (χ4n) is 4.38. The summed E-state index contributed by atoms with van der Waals surface area (Å²) in [5, 5.41) is 7.43. The Morgan fingerprint density at radius 1 is 1.36 bits per heavy atom. The summed E-state index contributed by atoms with van der Waals surface area (Å²) in [7, 11) is 2.20.